The molecule has 1 saturated carbocycles. The predicted molar refractivity (Wildman–Crippen MR) is 127 cm³/mol. The first kappa shape index (κ1) is 22.8. The van der Waals surface area contributed by atoms with E-state index in [0.29, 0.717) is 24.8 Å². The molecule has 32 heavy (non-hydrogen) atoms. The summed E-state index contributed by atoms with van der Waals surface area (Å²) >= 11 is 1.48. The zero-order valence-corrected chi connectivity index (χ0v) is 19.5. The molecular formula is C23H28N4O3S2. The molecule has 0 spiro atoms. The van der Waals surface area contributed by atoms with Gasteiger partial charge in [0.25, 0.3) is 0 Å². The van der Waals surface area contributed by atoms with Crippen molar-refractivity contribution in [1.82, 2.24) is 14.9 Å². The van der Waals surface area contributed by atoms with Gasteiger partial charge in [0.15, 0.2) is 5.16 Å². The smallest absolute Gasteiger partial charge is 0.238 e. The van der Waals surface area contributed by atoms with Crippen LogP contribution >= 0.6 is 11.8 Å². The van der Waals surface area contributed by atoms with Crippen molar-refractivity contribution in [3.63, 3.8) is 0 Å². The molecule has 7 nitrogen and oxygen atoms in total. The van der Waals surface area contributed by atoms with Crippen LogP contribution in [-0.2, 0) is 21.2 Å². The average molecular weight is 473 g/mol. The van der Waals surface area contributed by atoms with Gasteiger partial charge in [-0.1, -0.05) is 55.3 Å². The van der Waals surface area contributed by atoms with Crippen molar-refractivity contribution in [2.45, 2.75) is 54.6 Å². The standard InChI is InChI=1S/C23H28N4O3S2/c24-32(29,30)19-12-10-17(11-13-19)14-15-25-22(28)16-31-23-26-20-8-4-5-9-21(20)27(23)18-6-2-1-3-7-18/h4-5,8-13,18H,1-3,6-7,14-16H2,(H,25,28)(H2,24,29,30). The van der Waals surface area contributed by atoms with Crippen molar-refractivity contribution in [2.75, 3.05) is 12.3 Å². The number of fused-ring (bicyclic) bond motifs is 1. The number of aromatic nitrogens is 2. The summed E-state index contributed by atoms with van der Waals surface area (Å²) in [6.07, 6.45) is 6.69. The first-order valence-electron chi connectivity index (χ1n) is 10.9. The molecule has 0 bridgehead atoms. The number of nitrogens with zero attached hydrogens (tertiary/aromatic N) is 2. The Labute approximate surface area is 192 Å². The van der Waals surface area contributed by atoms with Gasteiger partial charge < -0.3 is 9.88 Å². The Balaban J connectivity index is 1.34. The maximum Gasteiger partial charge on any atom is 0.238 e. The molecule has 1 aliphatic rings. The number of nitrogens with two attached hydrogens (primary N) is 1. The number of nitrogens with one attached hydrogen (secondary N) is 1. The third kappa shape index (κ3) is 5.51. The van der Waals surface area contributed by atoms with E-state index in [1.807, 2.05) is 18.2 Å². The minimum absolute atomic E-state index is 0.0431. The van der Waals surface area contributed by atoms with Crippen molar-refractivity contribution >= 4 is 38.7 Å². The van der Waals surface area contributed by atoms with Gasteiger partial charge in [0.05, 0.1) is 21.7 Å². The molecule has 0 radical (unpaired) electrons. The van der Waals surface area contributed by atoms with Crippen molar-refractivity contribution in [2.24, 2.45) is 5.14 Å². The molecule has 4 rings (SSSR count). The molecule has 1 amide bonds. The lowest BCUT2D eigenvalue weighted by Gasteiger charge is -2.25. The minimum atomic E-state index is -3.69. The highest BCUT2D eigenvalue weighted by atomic mass is 32.2. The molecule has 3 aromatic rings. The first-order chi connectivity index (χ1) is 15.4. The molecule has 0 aliphatic heterocycles. The lowest BCUT2D eigenvalue weighted by molar-refractivity contribution is -0.118. The summed E-state index contributed by atoms with van der Waals surface area (Å²) in [6.45, 7) is 0.479. The molecule has 3 N–H and O–H groups in total. The van der Waals surface area contributed by atoms with Crippen LogP contribution in [0.1, 0.15) is 43.7 Å². The van der Waals surface area contributed by atoms with E-state index < -0.39 is 10.0 Å². The van der Waals surface area contributed by atoms with Crippen molar-refractivity contribution < 1.29 is 13.2 Å². The number of thioether (sulfide) groups is 1. The third-order valence-corrected chi connectivity index (χ3v) is 7.71. The Morgan fingerprint density at radius 3 is 2.53 bits per heavy atom. The number of hydrogen-bond acceptors (Lipinski definition) is 5. The molecule has 1 heterocycles. The highest BCUT2D eigenvalue weighted by Gasteiger charge is 2.22. The third-order valence-electron chi connectivity index (χ3n) is 5.82. The molecule has 170 valence electrons. The molecule has 0 saturated heterocycles. The van der Waals surface area contributed by atoms with Gasteiger partial charge in [-0.25, -0.2) is 18.5 Å². The fourth-order valence-corrected chi connectivity index (χ4v) is 5.62. The Kier molecular flexibility index (Phi) is 7.17. The summed E-state index contributed by atoms with van der Waals surface area (Å²) in [5, 5.41) is 8.97. The van der Waals surface area contributed by atoms with Crippen LogP contribution in [0.3, 0.4) is 0 Å². The van der Waals surface area contributed by atoms with Crippen LogP contribution in [0.4, 0.5) is 0 Å². The number of primary sulfonamides is 1. The van der Waals surface area contributed by atoms with Crippen molar-refractivity contribution in [3.05, 3.63) is 54.1 Å². The SMILES string of the molecule is NS(=O)(=O)c1ccc(CCNC(=O)CSc2nc3ccccc3n2C2CCCCC2)cc1. The molecule has 2 aromatic carbocycles. The number of rotatable bonds is 8. The van der Waals surface area contributed by atoms with E-state index in [-0.39, 0.29) is 10.8 Å². The fourth-order valence-electron chi connectivity index (χ4n) is 4.19. The van der Waals surface area contributed by atoms with E-state index in [2.05, 4.69) is 16.0 Å². The molecule has 0 atom stereocenters. The van der Waals surface area contributed by atoms with Gasteiger partial charge in [-0.05, 0) is 49.1 Å². The van der Waals surface area contributed by atoms with Crippen molar-refractivity contribution in [1.29, 1.82) is 0 Å². The van der Waals surface area contributed by atoms with Crippen LogP contribution in [0, 0.1) is 0 Å². The Bertz CT molecular complexity index is 1180. The van der Waals surface area contributed by atoms with E-state index in [9.17, 15) is 13.2 Å². The number of para-hydroxylation sites is 2. The molecule has 1 fully saturated rings. The summed E-state index contributed by atoms with van der Waals surface area (Å²) in [6, 6.07) is 15.0. The molecule has 9 heteroatoms. The maximum atomic E-state index is 12.4. The number of benzene rings is 2. The first-order valence-corrected chi connectivity index (χ1v) is 13.4. The average Bonchev–Trinajstić information content (AvgIpc) is 3.16. The summed E-state index contributed by atoms with van der Waals surface area (Å²) in [4.78, 5) is 17.3. The van der Waals surface area contributed by atoms with Gasteiger partial charge in [0, 0.05) is 12.6 Å². The monoisotopic (exact) mass is 472 g/mol. The van der Waals surface area contributed by atoms with Crippen LogP contribution in [-0.4, -0.2) is 36.2 Å². The van der Waals surface area contributed by atoms with E-state index in [1.165, 1.54) is 43.2 Å². The zero-order chi connectivity index (χ0) is 22.6. The zero-order valence-electron chi connectivity index (χ0n) is 17.9. The number of imidazole rings is 1. The number of carbonyl (C=O) groups is 1. The predicted octanol–water partition coefficient (Wildman–Crippen LogP) is 3.64. The number of carbonyl (C=O) groups excluding carboxylic acids is 1. The maximum absolute atomic E-state index is 12.4. The Hall–Kier alpha value is -2.36. The number of amides is 1. The summed E-state index contributed by atoms with van der Waals surface area (Å²) in [7, 11) is -3.69. The Morgan fingerprint density at radius 1 is 1.09 bits per heavy atom. The fraction of sp³-hybridized carbons (Fsp3) is 0.391. The van der Waals surface area contributed by atoms with Crippen LogP contribution in [0.2, 0.25) is 0 Å². The normalized spacial score (nSPS) is 15.2. The largest absolute Gasteiger partial charge is 0.355 e. The van der Waals surface area contributed by atoms with Gasteiger partial charge in [-0.3, -0.25) is 4.79 Å². The van der Waals surface area contributed by atoms with Crippen LogP contribution in [0.25, 0.3) is 11.0 Å². The van der Waals surface area contributed by atoms with Gasteiger partial charge in [-0.2, -0.15) is 0 Å². The summed E-state index contributed by atoms with van der Waals surface area (Å²) < 4.78 is 25.0. The second kappa shape index (κ2) is 10.1. The number of sulfonamides is 1. The van der Waals surface area contributed by atoms with Crippen LogP contribution < -0.4 is 10.5 Å². The topological polar surface area (TPSA) is 107 Å². The quantitative estimate of drug-likeness (QED) is 0.487. The molecule has 1 aromatic heterocycles. The van der Waals surface area contributed by atoms with Gasteiger partial charge in [0.2, 0.25) is 15.9 Å². The highest BCUT2D eigenvalue weighted by molar-refractivity contribution is 7.99. The lowest BCUT2D eigenvalue weighted by atomic mass is 9.95. The second-order valence-electron chi connectivity index (χ2n) is 8.12. The van der Waals surface area contributed by atoms with Crippen LogP contribution in [0.5, 0.6) is 0 Å². The van der Waals surface area contributed by atoms with Gasteiger partial charge in [0.1, 0.15) is 0 Å². The van der Waals surface area contributed by atoms with Gasteiger partial charge in [-0.15, -0.1) is 0 Å². The van der Waals surface area contributed by atoms with Crippen molar-refractivity contribution in [3.8, 4) is 0 Å². The van der Waals surface area contributed by atoms with E-state index >= 15 is 0 Å². The molecule has 0 unspecified atom stereocenters. The molecule has 1 aliphatic carbocycles. The summed E-state index contributed by atoms with van der Waals surface area (Å²) in [5.74, 6) is 0.263. The minimum Gasteiger partial charge on any atom is -0.355 e. The second-order valence-corrected chi connectivity index (χ2v) is 10.6. The number of hydrogen-bond donors (Lipinski definition) is 2. The molecular weight excluding hydrogens is 444 g/mol. The van der Waals surface area contributed by atoms with Crippen LogP contribution in [0.15, 0.2) is 58.6 Å². The highest BCUT2D eigenvalue weighted by Crippen LogP contribution is 2.35. The van der Waals surface area contributed by atoms with Gasteiger partial charge >= 0.3 is 0 Å². The Morgan fingerprint density at radius 2 is 1.81 bits per heavy atom. The van der Waals surface area contributed by atoms with E-state index in [4.69, 9.17) is 10.1 Å². The van der Waals surface area contributed by atoms with E-state index in [1.54, 1.807) is 12.1 Å². The van der Waals surface area contributed by atoms with E-state index in [0.717, 1.165) is 34.6 Å². The summed E-state index contributed by atoms with van der Waals surface area (Å²) in [5.41, 5.74) is 3.05. The lowest BCUT2D eigenvalue weighted by Crippen LogP contribution is -2.27.